The van der Waals surface area contributed by atoms with Crippen LogP contribution in [0.3, 0.4) is 0 Å². The van der Waals surface area contributed by atoms with Gasteiger partial charge in [0.1, 0.15) is 17.1 Å². The Kier molecular flexibility index (Phi) is 7.61. The predicted octanol–water partition coefficient (Wildman–Crippen LogP) is 5.48. The zero-order chi connectivity index (χ0) is 31.0. The van der Waals surface area contributed by atoms with E-state index in [0.29, 0.717) is 29.0 Å². The molecule has 0 radical (unpaired) electrons. The van der Waals surface area contributed by atoms with Crippen molar-refractivity contribution in [3.8, 4) is 28.6 Å². The summed E-state index contributed by atoms with van der Waals surface area (Å²) in [6, 6.07) is 16.6. The topological polar surface area (TPSA) is 126 Å². The van der Waals surface area contributed by atoms with Gasteiger partial charge in [0.25, 0.3) is 10.0 Å². The number of methoxy groups -OCH3 is 2. The average Bonchev–Trinajstić information content (AvgIpc) is 3.64. The summed E-state index contributed by atoms with van der Waals surface area (Å²) in [4.78, 5) is 4.36. The molecular formula is C29H22ClF2N7O4S. The number of ether oxygens (including phenoxy) is 2. The van der Waals surface area contributed by atoms with Gasteiger partial charge in [0.05, 0.1) is 42.9 Å². The quantitative estimate of drug-likeness (QED) is 0.221. The van der Waals surface area contributed by atoms with Crippen molar-refractivity contribution in [2.45, 2.75) is 11.4 Å². The van der Waals surface area contributed by atoms with Crippen molar-refractivity contribution in [2.24, 2.45) is 0 Å². The minimum atomic E-state index is -4.23. The first-order valence-electron chi connectivity index (χ1n) is 12.9. The maximum absolute atomic E-state index is 15.6. The van der Waals surface area contributed by atoms with E-state index in [4.69, 9.17) is 21.1 Å². The summed E-state index contributed by atoms with van der Waals surface area (Å²) in [6.45, 7) is 0.419. The summed E-state index contributed by atoms with van der Waals surface area (Å²) < 4.78 is 71.5. The molecule has 0 aliphatic heterocycles. The monoisotopic (exact) mass is 637 g/mol. The fraction of sp³-hybridized carbons (Fsp3) is 0.103. The maximum Gasteiger partial charge on any atom is 0.262 e. The third kappa shape index (κ3) is 5.52. The zero-order valence-corrected chi connectivity index (χ0v) is 24.6. The Bertz CT molecular complexity index is 2120. The van der Waals surface area contributed by atoms with Gasteiger partial charge < -0.3 is 9.47 Å². The van der Waals surface area contributed by atoms with Gasteiger partial charge in [-0.05, 0) is 54.1 Å². The molecule has 224 valence electrons. The average molecular weight is 638 g/mol. The van der Waals surface area contributed by atoms with E-state index in [1.165, 1.54) is 43.8 Å². The SMILES string of the molecule is COc1ccc(Cn2nc(OC)c3cc(-c4cn(-c5c(F)ccc(NS(=O)(=O)c6cccc(Cl)c6)c5F)nn4)cnc32)cc1. The molecule has 44 heavy (non-hydrogen) atoms. The molecule has 0 spiro atoms. The Morgan fingerprint density at radius 1 is 1.00 bits per heavy atom. The van der Waals surface area contributed by atoms with Crippen molar-refractivity contribution in [2.75, 3.05) is 18.9 Å². The molecule has 3 heterocycles. The molecule has 11 nitrogen and oxygen atoms in total. The summed E-state index contributed by atoms with van der Waals surface area (Å²) in [5, 5.41) is 13.2. The standard InChI is InChI=1S/C29H22ClF2N7O4S/c1-42-20-8-6-17(7-9-20)15-39-28-22(29(35-39)43-2)12-18(14-33-28)25-16-38(37-34-25)27-23(31)10-11-24(26(27)32)36-44(40,41)21-5-3-4-19(30)13-21/h3-14,16,36H,15H2,1-2H3. The Hall–Kier alpha value is -5.08. The van der Waals surface area contributed by atoms with E-state index in [0.717, 1.165) is 28.1 Å². The van der Waals surface area contributed by atoms with Gasteiger partial charge >= 0.3 is 0 Å². The molecule has 3 aromatic heterocycles. The van der Waals surface area contributed by atoms with E-state index >= 15 is 4.39 Å². The van der Waals surface area contributed by atoms with E-state index in [1.54, 1.807) is 17.9 Å². The largest absolute Gasteiger partial charge is 0.497 e. The molecule has 0 saturated heterocycles. The van der Waals surface area contributed by atoms with Crippen LogP contribution in [-0.4, -0.2) is 52.4 Å². The summed E-state index contributed by atoms with van der Waals surface area (Å²) in [6.07, 6.45) is 2.83. The minimum Gasteiger partial charge on any atom is -0.497 e. The molecular weight excluding hydrogens is 616 g/mol. The van der Waals surface area contributed by atoms with Crippen LogP contribution in [-0.2, 0) is 16.6 Å². The second-order valence-corrected chi connectivity index (χ2v) is 11.6. The van der Waals surface area contributed by atoms with Crippen LogP contribution in [0.1, 0.15) is 5.56 Å². The molecule has 6 aromatic rings. The lowest BCUT2D eigenvalue weighted by Gasteiger charge is -2.12. The maximum atomic E-state index is 15.6. The van der Waals surface area contributed by atoms with Gasteiger partial charge in [-0.3, -0.25) is 4.72 Å². The van der Waals surface area contributed by atoms with Crippen LogP contribution >= 0.6 is 11.6 Å². The highest BCUT2D eigenvalue weighted by Gasteiger charge is 2.23. The number of anilines is 1. The van der Waals surface area contributed by atoms with Crippen LogP contribution in [0.5, 0.6) is 11.6 Å². The first-order valence-corrected chi connectivity index (χ1v) is 14.8. The zero-order valence-electron chi connectivity index (χ0n) is 23.1. The lowest BCUT2D eigenvalue weighted by atomic mass is 10.2. The second-order valence-electron chi connectivity index (χ2n) is 9.48. The van der Waals surface area contributed by atoms with E-state index in [1.807, 2.05) is 24.3 Å². The lowest BCUT2D eigenvalue weighted by molar-refractivity contribution is 0.394. The number of aromatic nitrogens is 6. The van der Waals surface area contributed by atoms with Crippen molar-refractivity contribution < 1.29 is 26.7 Å². The summed E-state index contributed by atoms with van der Waals surface area (Å²) in [5.74, 6) is -1.12. The lowest BCUT2D eigenvalue weighted by Crippen LogP contribution is -2.15. The van der Waals surface area contributed by atoms with Crippen molar-refractivity contribution >= 4 is 38.3 Å². The molecule has 15 heteroatoms. The summed E-state index contributed by atoms with van der Waals surface area (Å²) >= 11 is 5.90. The Morgan fingerprint density at radius 2 is 1.80 bits per heavy atom. The second kappa shape index (κ2) is 11.5. The van der Waals surface area contributed by atoms with Crippen molar-refractivity contribution in [1.29, 1.82) is 0 Å². The van der Waals surface area contributed by atoms with Crippen molar-refractivity contribution in [3.63, 3.8) is 0 Å². The number of rotatable bonds is 9. The molecule has 1 N–H and O–H groups in total. The van der Waals surface area contributed by atoms with Gasteiger partial charge in [-0.2, -0.15) is 0 Å². The number of nitrogens with one attached hydrogen (secondary N) is 1. The van der Waals surface area contributed by atoms with Gasteiger partial charge in [-0.25, -0.2) is 31.5 Å². The number of hydrogen-bond acceptors (Lipinski definition) is 8. The highest BCUT2D eigenvalue weighted by atomic mass is 35.5. The summed E-state index contributed by atoms with van der Waals surface area (Å²) in [7, 11) is -1.15. The van der Waals surface area contributed by atoms with Crippen LogP contribution in [0.2, 0.25) is 5.02 Å². The molecule has 0 saturated carbocycles. The fourth-order valence-electron chi connectivity index (χ4n) is 4.51. The van der Waals surface area contributed by atoms with Gasteiger partial charge in [0.2, 0.25) is 5.88 Å². The van der Waals surface area contributed by atoms with Gasteiger partial charge in [0, 0.05) is 16.8 Å². The highest BCUT2D eigenvalue weighted by Crippen LogP contribution is 2.31. The van der Waals surface area contributed by atoms with E-state index < -0.39 is 33.0 Å². The third-order valence-corrected chi connectivity index (χ3v) is 8.27. The Morgan fingerprint density at radius 3 is 2.52 bits per heavy atom. The molecule has 3 aromatic carbocycles. The van der Waals surface area contributed by atoms with Crippen molar-refractivity contribution in [3.05, 3.63) is 101 Å². The molecule has 6 rings (SSSR count). The minimum absolute atomic E-state index is 0.179. The number of pyridine rings is 1. The van der Waals surface area contributed by atoms with Crippen LogP contribution in [0.15, 0.2) is 84.0 Å². The number of nitrogens with zero attached hydrogens (tertiary/aromatic N) is 6. The van der Waals surface area contributed by atoms with Gasteiger partial charge in [-0.1, -0.05) is 35.0 Å². The van der Waals surface area contributed by atoms with Crippen molar-refractivity contribution in [1.82, 2.24) is 29.8 Å². The fourth-order valence-corrected chi connectivity index (χ4v) is 5.87. The van der Waals surface area contributed by atoms with Gasteiger partial charge in [0.15, 0.2) is 17.3 Å². The Labute approximate surface area is 254 Å². The molecule has 0 aliphatic carbocycles. The number of sulfonamides is 1. The number of halogens is 3. The number of benzene rings is 3. The third-order valence-electron chi connectivity index (χ3n) is 6.67. The smallest absolute Gasteiger partial charge is 0.262 e. The summed E-state index contributed by atoms with van der Waals surface area (Å²) in [5.41, 5.74) is 1.11. The molecule has 0 amide bonds. The van der Waals surface area contributed by atoms with Crippen LogP contribution < -0.4 is 14.2 Å². The predicted molar refractivity (Wildman–Crippen MR) is 159 cm³/mol. The van der Waals surface area contributed by atoms with E-state index in [-0.39, 0.29) is 15.6 Å². The van der Waals surface area contributed by atoms with E-state index in [9.17, 15) is 12.8 Å². The first-order chi connectivity index (χ1) is 21.2. The highest BCUT2D eigenvalue weighted by molar-refractivity contribution is 7.92. The number of fused-ring (bicyclic) bond motifs is 1. The molecule has 0 atom stereocenters. The Balaban J connectivity index is 1.31. The van der Waals surface area contributed by atoms with E-state index in [2.05, 4.69) is 25.1 Å². The first kappa shape index (κ1) is 29.0. The normalized spacial score (nSPS) is 11.6. The molecule has 0 unspecified atom stereocenters. The molecule has 0 bridgehead atoms. The van der Waals surface area contributed by atoms with Crippen LogP contribution in [0, 0.1) is 11.6 Å². The van der Waals surface area contributed by atoms with Gasteiger partial charge in [-0.15, -0.1) is 10.2 Å². The molecule has 0 aliphatic rings. The van der Waals surface area contributed by atoms with Crippen LogP contribution in [0.4, 0.5) is 14.5 Å². The van der Waals surface area contributed by atoms with Crippen LogP contribution in [0.25, 0.3) is 28.0 Å². The molecule has 0 fully saturated rings. The number of hydrogen-bond donors (Lipinski definition) is 1.